The molecule has 148 valence electrons. The highest BCUT2D eigenvalue weighted by molar-refractivity contribution is 6.04. The number of rotatable bonds is 3. The quantitative estimate of drug-likeness (QED) is 0.766. The van der Waals surface area contributed by atoms with Crippen LogP contribution in [-0.4, -0.2) is 34.0 Å². The minimum Gasteiger partial charge on any atom is -0.481 e. The van der Waals surface area contributed by atoms with Gasteiger partial charge in [-0.15, -0.1) is 0 Å². The molecule has 0 radical (unpaired) electrons. The van der Waals surface area contributed by atoms with E-state index >= 15 is 0 Å². The highest BCUT2D eigenvalue weighted by Gasteiger charge is 2.72. The zero-order valence-corrected chi connectivity index (χ0v) is 14.8. The van der Waals surface area contributed by atoms with Crippen LogP contribution in [0.2, 0.25) is 0 Å². The maximum Gasteiger partial charge on any atom is 0.407 e. The lowest BCUT2D eigenvalue weighted by molar-refractivity contribution is -0.154. The van der Waals surface area contributed by atoms with Gasteiger partial charge in [0.05, 0.1) is 23.7 Å². The number of ketones is 1. The summed E-state index contributed by atoms with van der Waals surface area (Å²) in [4.78, 5) is 39.5. The molecule has 2 fully saturated rings. The number of carboxylic acid groups (broad SMARTS) is 1. The average molecular weight is 396 g/mol. The van der Waals surface area contributed by atoms with E-state index in [1.807, 2.05) is 0 Å². The molecule has 10 heteroatoms. The number of Topliss-reactive ketones (excluding diaryl/α,β-unsaturated/α-hetero) is 1. The van der Waals surface area contributed by atoms with E-state index in [0.717, 1.165) is 12.1 Å². The number of ether oxygens (including phenoxy) is 1. The normalized spacial score (nSPS) is 31.5. The van der Waals surface area contributed by atoms with Gasteiger partial charge in [-0.3, -0.25) is 14.4 Å². The summed E-state index contributed by atoms with van der Waals surface area (Å²) < 4.78 is 44.9. The SMILES string of the molecule is [C-]#[N+]c1ccc(NC(=O)C2C(C(=O)O)C3(C)OC2(C)CC3=O)cc1C(F)(F)F. The van der Waals surface area contributed by atoms with Crippen molar-refractivity contribution in [1.29, 1.82) is 0 Å². The number of aliphatic carboxylic acids is 1. The minimum atomic E-state index is -4.80. The van der Waals surface area contributed by atoms with Gasteiger partial charge in [-0.05, 0) is 26.0 Å². The molecule has 2 N–H and O–H groups in total. The van der Waals surface area contributed by atoms with Crippen molar-refractivity contribution in [3.8, 4) is 0 Å². The Bertz CT molecular complexity index is 938. The monoisotopic (exact) mass is 396 g/mol. The number of hydrogen-bond acceptors (Lipinski definition) is 4. The Labute approximate surface area is 157 Å². The van der Waals surface area contributed by atoms with E-state index in [-0.39, 0.29) is 12.1 Å². The van der Waals surface area contributed by atoms with E-state index in [1.54, 1.807) is 0 Å². The Hall–Kier alpha value is -2.93. The van der Waals surface area contributed by atoms with Crippen LogP contribution >= 0.6 is 0 Å². The highest BCUT2D eigenvalue weighted by atomic mass is 19.4. The third-order valence-corrected chi connectivity index (χ3v) is 5.33. The first-order valence-electron chi connectivity index (χ1n) is 8.19. The van der Waals surface area contributed by atoms with Gasteiger partial charge in [0, 0.05) is 12.1 Å². The lowest BCUT2D eigenvalue weighted by atomic mass is 9.66. The Kier molecular flexibility index (Phi) is 4.27. The van der Waals surface area contributed by atoms with Crippen LogP contribution in [0.15, 0.2) is 18.2 Å². The van der Waals surface area contributed by atoms with Gasteiger partial charge < -0.3 is 15.2 Å². The number of halogens is 3. The molecule has 2 saturated heterocycles. The molecule has 0 spiro atoms. The van der Waals surface area contributed by atoms with Crippen LogP contribution in [0.3, 0.4) is 0 Å². The number of anilines is 1. The Morgan fingerprint density at radius 3 is 2.50 bits per heavy atom. The molecule has 0 saturated carbocycles. The van der Waals surface area contributed by atoms with E-state index in [4.69, 9.17) is 11.3 Å². The third kappa shape index (κ3) is 2.82. The molecular formula is C18H15F3N2O5. The molecule has 28 heavy (non-hydrogen) atoms. The molecule has 3 rings (SSSR count). The van der Waals surface area contributed by atoms with Crippen LogP contribution in [0.25, 0.3) is 4.85 Å². The summed E-state index contributed by atoms with van der Waals surface area (Å²) in [6.07, 6.45) is -4.97. The van der Waals surface area contributed by atoms with E-state index in [1.165, 1.54) is 13.8 Å². The van der Waals surface area contributed by atoms with Crippen molar-refractivity contribution in [2.75, 3.05) is 5.32 Å². The van der Waals surface area contributed by atoms with Gasteiger partial charge in [-0.1, -0.05) is 6.07 Å². The van der Waals surface area contributed by atoms with Crippen molar-refractivity contribution in [2.24, 2.45) is 11.8 Å². The molecule has 0 aliphatic carbocycles. The number of nitrogens with one attached hydrogen (secondary N) is 1. The molecule has 4 unspecified atom stereocenters. The first kappa shape index (κ1) is 19.8. The van der Waals surface area contributed by atoms with Crippen molar-refractivity contribution in [2.45, 2.75) is 37.6 Å². The topological polar surface area (TPSA) is 97.1 Å². The summed E-state index contributed by atoms with van der Waals surface area (Å²) in [5.74, 6) is -5.45. The fraction of sp³-hybridized carbons (Fsp3) is 0.444. The van der Waals surface area contributed by atoms with E-state index in [0.29, 0.717) is 6.07 Å². The molecule has 7 nitrogen and oxygen atoms in total. The number of hydrogen-bond donors (Lipinski definition) is 2. The molecule has 2 aliphatic heterocycles. The molecule has 2 heterocycles. The van der Waals surface area contributed by atoms with Gasteiger partial charge in [0.1, 0.15) is 11.5 Å². The first-order valence-corrected chi connectivity index (χ1v) is 8.19. The second kappa shape index (κ2) is 6.04. The molecule has 1 amide bonds. The molecule has 1 aromatic carbocycles. The number of amides is 1. The van der Waals surface area contributed by atoms with Gasteiger partial charge >= 0.3 is 12.1 Å². The second-order valence-electron chi connectivity index (χ2n) is 7.25. The number of carboxylic acids is 1. The molecule has 2 aliphatic rings. The van der Waals surface area contributed by atoms with Crippen molar-refractivity contribution in [3.05, 3.63) is 35.2 Å². The number of carbonyl (C=O) groups is 3. The summed E-state index contributed by atoms with van der Waals surface area (Å²) in [5, 5.41) is 11.8. The summed E-state index contributed by atoms with van der Waals surface area (Å²) in [5.41, 5.74) is -5.12. The molecule has 2 bridgehead atoms. The van der Waals surface area contributed by atoms with E-state index in [9.17, 15) is 32.7 Å². The molecule has 4 atom stereocenters. The first-order chi connectivity index (χ1) is 12.8. The van der Waals surface area contributed by atoms with Crippen LogP contribution in [-0.2, 0) is 25.3 Å². The van der Waals surface area contributed by atoms with Gasteiger partial charge in [0.2, 0.25) is 5.91 Å². The van der Waals surface area contributed by atoms with Crippen LogP contribution in [0.1, 0.15) is 25.8 Å². The fourth-order valence-corrected chi connectivity index (χ4v) is 4.12. The highest BCUT2D eigenvalue weighted by Crippen LogP contribution is 2.56. The molecule has 1 aromatic rings. The van der Waals surface area contributed by atoms with Crippen LogP contribution < -0.4 is 5.32 Å². The van der Waals surface area contributed by atoms with Crippen molar-refractivity contribution >= 4 is 29.0 Å². The number of alkyl halides is 3. The molecular weight excluding hydrogens is 381 g/mol. The number of fused-ring (bicyclic) bond motifs is 2. The van der Waals surface area contributed by atoms with Crippen molar-refractivity contribution in [1.82, 2.24) is 0 Å². The molecule has 0 aromatic heterocycles. The van der Waals surface area contributed by atoms with Crippen LogP contribution in [0.5, 0.6) is 0 Å². The second-order valence-corrected chi connectivity index (χ2v) is 7.25. The number of benzene rings is 1. The zero-order chi connectivity index (χ0) is 21.1. The van der Waals surface area contributed by atoms with Gasteiger partial charge in [-0.2, -0.15) is 13.2 Å². The number of carbonyl (C=O) groups excluding carboxylic acids is 2. The smallest absolute Gasteiger partial charge is 0.407 e. The maximum atomic E-state index is 13.1. The zero-order valence-electron chi connectivity index (χ0n) is 14.8. The van der Waals surface area contributed by atoms with Crippen molar-refractivity contribution < 1.29 is 37.4 Å². The Morgan fingerprint density at radius 1 is 1.32 bits per heavy atom. The summed E-state index contributed by atoms with van der Waals surface area (Å²) >= 11 is 0. The predicted molar refractivity (Wildman–Crippen MR) is 88.5 cm³/mol. The van der Waals surface area contributed by atoms with E-state index in [2.05, 4.69) is 10.2 Å². The van der Waals surface area contributed by atoms with Gasteiger partial charge in [0.25, 0.3) is 0 Å². The number of nitrogens with zero attached hydrogens (tertiary/aromatic N) is 1. The fourth-order valence-electron chi connectivity index (χ4n) is 4.12. The summed E-state index contributed by atoms with van der Waals surface area (Å²) in [7, 11) is 0. The predicted octanol–water partition coefficient (Wildman–Crippen LogP) is 3.03. The maximum absolute atomic E-state index is 13.1. The van der Waals surface area contributed by atoms with Crippen LogP contribution in [0, 0.1) is 18.4 Å². The standard InChI is InChI=1S/C18H15F3N2O5/c1-16-7-11(24)17(2,28-16)13(15(26)27)12(16)14(25)23-8-4-5-10(22-3)9(6-8)18(19,20)21/h4-6,12-13H,7H2,1-2H3,(H,23,25)(H,26,27). The summed E-state index contributed by atoms with van der Waals surface area (Å²) in [6.45, 7) is 9.57. The van der Waals surface area contributed by atoms with Crippen LogP contribution in [0.4, 0.5) is 24.5 Å². The Balaban J connectivity index is 1.95. The van der Waals surface area contributed by atoms with Gasteiger partial charge in [0.15, 0.2) is 11.5 Å². The lowest BCUT2D eigenvalue weighted by Crippen LogP contribution is -2.52. The summed E-state index contributed by atoms with van der Waals surface area (Å²) in [6, 6.07) is 2.66. The minimum absolute atomic E-state index is 0.171. The third-order valence-electron chi connectivity index (χ3n) is 5.33. The largest absolute Gasteiger partial charge is 0.481 e. The average Bonchev–Trinajstić information content (AvgIpc) is 2.95. The van der Waals surface area contributed by atoms with Gasteiger partial charge in [-0.25, -0.2) is 4.85 Å². The Morgan fingerprint density at radius 2 is 1.96 bits per heavy atom. The van der Waals surface area contributed by atoms with Crippen molar-refractivity contribution in [3.63, 3.8) is 0 Å². The lowest BCUT2D eigenvalue weighted by Gasteiger charge is -2.32. The van der Waals surface area contributed by atoms with E-state index < -0.39 is 58.1 Å².